The minimum absolute atomic E-state index is 0.951. The molecule has 4 nitrogen and oxygen atoms in total. The summed E-state index contributed by atoms with van der Waals surface area (Å²) in [7, 11) is 1.93. The summed E-state index contributed by atoms with van der Waals surface area (Å²) in [5.41, 5.74) is 5.09. The molecule has 3 heterocycles. The van der Waals surface area contributed by atoms with Gasteiger partial charge in [0.2, 0.25) is 0 Å². The van der Waals surface area contributed by atoms with Gasteiger partial charge in [-0.05, 0) is 35.8 Å². The molecule has 0 spiro atoms. The molecule has 4 rings (SSSR count). The standard InChI is InChI=1S/C16H12N4S/c1-20-9-12-8-11(5-6-14(12)18-20)16-13(10-21-19-16)15-4-2-3-7-17-15/h2-10H,1H3. The molecule has 0 unspecified atom stereocenters. The molecule has 0 saturated heterocycles. The van der Waals surface area contributed by atoms with E-state index in [0.29, 0.717) is 0 Å². The lowest BCUT2D eigenvalue weighted by Gasteiger charge is -2.02. The van der Waals surface area contributed by atoms with E-state index < -0.39 is 0 Å². The number of aryl methyl sites for hydroxylation is 1. The fraction of sp³-hybridized carbons (Fsp3) is 0.0625. The van der Waals surface area contributed by atoms with E-state index in [1.54, 1.807) is 6.20 Å². The summed E-state index contributed by atoms with van der Waals surface area (Å²) in [6.07, 6.45) is 3.83. The van der Waals surface area contributed by atoms with Crippen LogP contribution in [0.25, 0.3) is 33.4 Å². The van der Waals surface area contributed by atoms with Crippen molar-refractivity contribution in [3.05, 3.63) is 54.2 Å². The summed E-state index contributed by atoms with van der Waals surface area (Å²) < 4.78 is 6.38. The van der Waals surface area contributed by atoms with Crippen molar-refractivity contribution in [2.45, 2.75) is 0 Å². The lowest BCUT2D eigenvalue weighted by molar-refractivity contribution is 0.780. The Kier molecular flexibility index (Phi) is 2.79. The van der Waals surface area contributed by atoms with Gasteiger partial charge in [0.1, 0.15) is 0 Å². The highest BCUT2D eigenvalue weighted by molar-refractivity contribution is 7.04. The molecular formula is C16H12N4S. The van der Waals surface area contributed by atoms with Gasteiger partial charge in [0.25, 0.3) is 0 Å². The number of rotatable bonds is 2. The Hall–Kier alpha value is -2.53. The summed E-state index contributed by atoms with van der Waals surface area (Å²) in [4.78, 5) is 4.42. The van der Waals surface area contributed by atoms with Gasteiger partial charge in [-0.25, -0.2) is 0 Å². The quantitative estimate of drug-likeness (QED) is 0.565. The van der Waals surface area contributed by atoms with E-state index >= 15 is 0 Å². The highest BCUT2D eigenvalue weighted by Gasteiger charge is 2.12. The van der Waals surface area contributed by atoms with Gasteiger partial charge in [-0.1, -0.05) is 12.1 Å². The fourth-order valence-electron chi connectivity index (χ4n) is 2.45. The largest absolute Gasteiger partial charge is 0.275 e. The zero-order chi connectivity index (χ0) is 14.2. The van der Waals surface area contributed by atoms with Crippen LogP contribution in [-0.2, 0) is 7.05 Å². The molecule has 0 bridgehead atoms. The van der Waals surface area contributed by atoms with Gasteiger partial charge in [-0.15, -0.1) is 0 Å². The highest BCUT2D eigenvalue weighted by Crippen LogP contribution is 2.32. The molecule has 0 aliphatic rings. The predicted octanol–water partition coefficient (Wildman–Crippen LogP) is 3.76. The van der Waals surface area contributed by atoms with Crippen molar-refractivity contribution in [2.75, 3.05) is 0 Å². The Balaban J connectivity index is 1.87. The Labute approximate surface area is 125 Å². The lowest BCUT2D eigenvalue weighted by Crippen LogP contribution is -1.85. The van der Waals surface area contributed by atoms with Crippen molar-refractivity contribution in [3.8, 4) is 22.5 Å². The summed E-state index contributed by atoms with van der Waals surface area (Å²) in [5.74, 6) is 0. The zero-order valence-electron chi connectivity index (χ0n) is 11.4. The molecule has 21 heavy (non-hydrogen) atoms. The number of aromatic nitrogens is 4. The molecule has 0 saturated carbocycles. The van der Waals surface area contributed by atoms with Crippen LogP contribution in [0.1, 0.15) is 0 Å². The first-order valence-corrected chi connectivity index (χ1v) is 7.44. The van der Waals surface area contributed by atoms with E-state index in [1.165, 1.54) is 11.5 Å². The van der Waals surface area contributed by atoms with E-state index in [9.17, 15) is 0 Å². The van der Waals surface area contributed by atoms with Crippen molar-refractivity contribution < 1.29 is 0 Å². The Morgan fingerprint density at radius 1 is 1.14 bits per heavy atom. The second-order valence-electron chi connectivity index (χ2n) is 4.87. The summed E-state index contributed by atoms with van der Waals surface area (Å²) in [5, 5.41) is 7.57. The van der Waals surface area contributed by atoms with Crippen LogP contribution in [0.5, 0.6) is 0 Å². The van der Waals surface area contributed by atoms with Crippen LogP contribution in [0.4, 0.5) is 0 Å². The van der Waals surface area contributed by atoms with Crippen LogP contribution in [0.15, 0.2) is 54.2 Å². The van der Waals surface area contributed by atoms with Crippen molar-refractivity contribution >= 4 is 22.4 Å². The van der Waals surface area contributed by atoms with Crippen molar-refractivity contribution in [1.29, 1.82) is 0 Å². The van der Waals surface area contributed by atoms with Crippen molar-refractivity contribution in [3.63, 3.8) is 0 Å². The summed E-state index contributed by atoms with van der Waals surface area (Å²) >= 11 is 1.46. The van der Waals surface area contributed by atoms with Gasteiger partial charge in [-0.2, -0.15) is 9.47 Å². The molecule has 0 aliphatic carbocycles. The normalized spacial score (nSPS) is 11.1. The van der Waals surface area contributed by atoms with Crippen LogP contribution < -0.4 is 0 Å². The SMILES string of the molecule is Cn1cc2cc(-c3nscc3-c3ccccn3)ccc2n1. The van der Waals surface area contributed by atoms with Crippen LogP contribution in [-0.4, -0.2) is 19.1 Å². The van der Waals surface area contributed by atoms with Crippen molar-refractivity contribution in [2.24, 2.45) is 7.05 Å². The van der Waals surface area contributed by atoms with E-state index in [4.69, 9.17) is 0 Å². The minimum atomic E-state index is 0.951. The maximum Gasteiger partial charge on any atom is 0.0934 e. The zero-order valence-corrected chi connectivity index (χ0v) is 12.2. The number of benzene rings is 1. The average molecular weight is 292 g/mol. The van der Waals surface area contributed by atoms with Gasteiger partial charge < -0.3 is 0 Å². The number of fused-ring (bicyclic) bond motifs is 1. The maximum atomic E-state index is 4.55. The molecular weight excluding hydrogens is 280 g/mol. The monoisotopic (exact) mass is 292 g/mol. The smallest absolute Gasteiger partial charge is 0.0934 e. The topological polar surface area (TPSA) is 43.6 Å². The van der Waals surface area contributed by atoms with Crippen LogP contribution in [0, 0.1) is 0 Å². The molecule has 0 amide bonds. The molecule has 102 valence electrons. The molecule has 5 heteroatoms. The van der Waals surface area contributed by atoms with E-state index in [0.717, 1.165) is 33.4 Å². The second-order valence-corrected chi connectivity index (χ2v) is 5.50. The number of hydrogen-bond acceptors (Lipinski definition) is 4. The molecule has 3 aromatic heterocycles. The van der Waals surface area contributed by atoms with E-state index in [2.05, 4.69) is 26.6 Å². The molecule has 4 aromatic rings. The van der Waals surface area contributed by atoms with E-state index in [-0.39, 0.29) is 0 Å². The lowest BCUT2D eigenvalue weighted by atomic mass is 10.0. The van der Waals surface area contributed by atoms with Crippen LogP contribution >= 0.6 is 11.5 Å². The average Bonchev–Trinajstić information content (AvgIpc) is 3.12. The van der Waals surface area contributed by atoms with Crippen molar-refractivity contribution in [1.82, 2.24) is 19.1 Å². The van der Waals surface area contributed by atoms with Gasteiger partial charge in [-0.3, -0.25) is 9.67 Å². The Bertz CT molecular complexity index is 908. The maximum absolute atomic E-state index is 4.55. The summed E-state index contributed by atoms with van der Waals surface area (Å²) in [6.45, 7) is 0. The van der Waals surface area contributed by atoms with Crippen LogP contribution in [0.3, 0.4) is 0 Å². The van der Waals surface area contributed by atoms with Crippen LogP contribution in [0.2, 0.25) is 0 Å². The Morgan fingerprint density at radius 2 is 2.10 bits per heavy atom. The first-order chi connectivity index (χ1) is 10.3. The first-order valence-electron chi connectivity index (χ1n) is 6.61. The van der Waals surface area contributed by atoms with Gasteiger partial charge in [0.05, 0.1) is 16.9 Å². The van der Waals surface area contributed by atoms with Gasteiger partial charge in [0.15, 0.2) is 0 Å². The molecule has 0 aliphatic heterocycles. The third kappa shape index (κ3) is 2.11. The third-order valence-electron chi connectivity index (χ3n) is 3.40. The number of nitrogens with zero attached hydrogens (tertiary/aromatic N) is 4. The molecule has 0 radical (unpaired) electrons. The second kappa shape index (κ2) is 4.79. The summed E-state index contributed by atoms with van der Waals surface area (Å²) in [6, 6.07) is 12.2. The highest BCUT2D eigenvalue weighted by atomic mass is 32.1. The number of pyridine rings is 1. The third-order valence-corrected chi connectivity index (χ3v) is 4.03. The van der Waals surface area contributed by atoms with Gasteiger partial charge in [0, 0.05) is 41.3 Å². The molecule has 0 N–H and O–H groups in total. The van der Waals surface area contributed by atoms with E-state index in [1.807, 2.05) is 47.6 Å². The minimum Gasteiger partial charge on any atom is -0.275 e. The molecule has 0 fully saturated rings. The first kappa shape index (κ1) is 12.2. The number of hydrogen-bond donors (Lipinski definition) is 0. The van der Waals surface area contributed by atoms with Gasteiger partial charge >= 0.3 is 0 Å². The molecule has 1 aromatic carbocycles. The predicted molar refractivity (Wildman–Crippen MR) is 85.1 cm³/mol. The molecule has 0 atom stereocenters. The fourth-order valence-corrected chi connectivity index (χ4v) is 3.14. The Morgan fingerprint density at radius 3 is 2.95 bits per heavy atom.